The summed E-state index contributed by atoms with van der Waals surface area (Å²) in [5.41, 5.74) is 2.12. The number of furan rings is 1. The minimum atomic E-state index is -0.540. The van der Waals surface area contributed by atoms with Crippen molar-refractivity contribution >= 4 is 11.8 Å². The van der Waals surface area contributed by atoms with E-state index in [-0.39, 0.29) is 17.5 Å². The van der Waals surface area contributed by atoms with Crippen LogP contribution in [-0.4, -0.2) is 29.3 Å². The van der Waals surface area contributed by atoms with E-state index in [2.05, 4.69) is 27.7 Å². The van der Waals surface area contributed by atoms with Crippen LogP contribution in [0, 0.1) is 5.82 Å². The number of hydrogen-bond donors (Lipinski definition) is 2. The molecule has 2 heterocycles. The molecule has 1 atom stereocenters. The van der Waals surface area contributed by atoms with Gasteiger partial charge in [0, 0.05) is 19.6 Å². The number of nitrogens with one attached hydrogen (secondary N) is 2. The second kappa shape index (κ2) is 10.9. The van der Waals surface area contributed by atoms with Crippen molar-refractivity contribution in [2.75, 3.05) is 6.54 Å². The molecule has 7 heteroatoms. The molecule has 0 saturated carbocycles. The Morgan fingerprint density at radius 2 is 1.70 bits per heavy atom. The Bertz CT molecular complexity index is 1070. The summed E-state index contributed by atoms with van der Waals surface area (Å²) in [6.07, 6.45) is 2.41. The van der Waals surface area contributed by atoms with Gasteiger partial charge < -0.3 is 15.1 Å². The van der Waals surface area contributed by atoms with Gasteiger partial charge in [-0.05, 0) is 54.7 Å². The van der Waals surface area contributed by atoms with Crippen molar-refractivity contribution in [3.8, 4) is 0 Å². The average Bonchev–Trinajstić information content (AvgIpc) is 3.19. The molecular formula is C26H28FN3O3. The molecule has 4 rings (SSSR count). The first kappa shape index (κ1) is 22.7. The zero-order valence-electron chi connectivity index (χ0n) is 18.4. The number of carbonyl (C=O) groups excluding carboxylic acids is 2. The molecule has 1 aliphatic rings. The molecular weight excluding hydrogens is 421 g/mol. The van der Waals surface area contributed by atoms with Crippen molar-refractivity contribution in [3.05, 3.63) is 95.2 Å². The summed E-state index contributed by atoms with van der Waals surface area (Å²) in [7, 11) is 0. The van der Waals surface area contributed by atoms with Crippen LogP contribution in [0.1, 0.15) is 46.7 Å². The van der Waals surface area contributed by atoms with Gasteiger partial charge >= 0.3 is 0 Å². The number of halogens is 1. The standard InChI is InChI=1S/C26H28FN3O3/c27-21-11-9-20(10-12-21)17-30(16-19-6-2-1-3-7-19)18-22-13-14-24(33-22)26(32)29-23-8-4-5-15-28-25(23)31/h1-3,6-7,9-14,23H,4-5,8,15-18H2,(H,28,31)(H,29,32). The van der Waals surface area contributed by atoms with E-state index in [1.165, 1.54) is 12.1 Å². The fraction of sp³-hybridized carbons (Fsp3) is 0.308. The fourth-order valence-electron chi connectivity index (χ4n) is 3.97. The molecule has 1 aromatic heterocycles. The maximum absolute atomic E-state index is 13.3. The maximum atomic E-state index is 13.3. The summed E-state index contributed by atoms with van der Waals surface area (Å²) in [6.45, 7) is 2.38. The molecule has 2 amide bonds. The molecule has 1 fully saturated rings. The van der Waals surface area contributed by atoms with Crippen LogP contribution in [0.2, 0.25) is 0 Å². The highest BCUT2D eigenvalue weighted by molar-refractivity contribution is 5.95. The lowest BCUT2D eigenvalue weighted by molar-refractivity contribution is -0.122. The van der Waals surface area contributed by atoms with Crippen LogP contribution in [0.25, 0.3) is 0 Å². The second-order valence-electron chi connectivity index (χ2n) is 8.34. The van der Waals surface area contributed by atoms with Gasteiger partial charge in [-0.3, -0.25) is 14.5 Å². The predicted molar refractivity (Wildman–Crippen MR) is 123 cm³/mol. The number of rotatable bonds is 8. The van der Waals surface area contributed by atoms with Crippen molar-refractivity contribution < 1.29 is 18.4 Å². The molecule has 2 N–H and O–H groups in total. The van der Waals surface area contributed by atoms with Crippen molar-refractivity contribution in [3.63, 3.8) is 0 Å². The summed E-state index contributed by atoms with van der Waals surface area (Å²) in [6, 6.07) is 19.4. The van der Waals surface area contributed by atoms with E-state index >= 15 is 0 Å². The quantitative estimate of drug-likeness (QED) is 0.545. The molecule has 6 nitrogen and oxygen atoms in total. The second-order valence-corrected chi connectivity index (χ2v) is 8.34. The van der Waals surface area contributed by atoms with Crippen molar-refractivity contribution in [2.45, 2.75) is 44.9 Å². The van der Waals surface area contributed by atoms with Crippen LogP contribution in [0.4, 0.5) is 4.39 Å². The lowest BCUT2D eigenvalue weighted by atomic mass is 10.1. The van der Waals surface area contributed by atoms with Gasteiger partial charge in [0.15, 0.2) is 5.76 Å². The first-order valence-corrected chi connectivity index (χ1v) is 11.2. The van der Waals surface area contributed by atoms with Gasteiger partial charge in [-0.15, -0.1) is 0 Å². The third-order valence-corrected chi connectivity index (χ3v) is 5.67. The molecule has 2 aromatic carbocycles. The third-order valence-electron chi connectivity index (χ3n) is 5.67. The molecule has 1 saturated heterocycles. The van der Waals surface area contributed by atoms with Gasteiger partial charge in [0.1, 0.15) is 17.6 Å². The maximum Gasteiger partial charge on any atom is 0.287 e. The molecule has 0 aliphatic carbocycles. The smallest absolute Gasteiger partial charge is 0.287 e. The van der Waals surface area contributed by atoms with E-state index in [1.807, 2.05) is 18.2 Å². The largest absolute Gasteiger partial charge is 0.455 e. The van der Waals surface area contributed by atoms with E-state index in [0.29, 0.717) is 38.4 Å². The molecule has 172 valence electrons. The Morgan fingerprint density at radius 3 is 2.45 bits per heavy atom. The zero-order valence-corrected chi connectivity index (χ0v) is 18.4. The Labute approximate surface area is 192 Å². The van der Waals surface area contributed by atoms with Crippen LogP contribution in [-0.2, 0) is 24.4 Å². The number of amides is 2. The summed E-state index contributed by atoms with van der Waals surface area (Å²) >= 11 is 0. The molecule has 0 radical (unpaired) electrons. The minimum absolute atomic E-state index is 0.152. The molecule has 0 spiro atoms. The minimum Gasteiger partial charge on any atom is -0.455 e. The van der Waals surface area contributed by atoms with Crippen LogP contribution in [0.3, 0.4) is 0 Å². The molecule has 0 bridgehead atoms. The van der Waals surface area contributed by atoms with E-state index in [0.717, 1.165) is 24.0 Å². The number of hydrogen-bond acceptors (Lipinski definition) is 4. The molecule has 1 aliphatic heterocycles. The Hall–Kier alpha value is -3.45. The van der Waals surface area contributed by atoms with Crippen LogP contribution < -0.4 is 10.6 Å². The highest BCUT2D eigenvalue weighted by atomic mass is 19.1. The Balaban J connectivity index is 1.44. The van der Waals surface area contributed by atoms with E-state index in [4.69, 9.17) is 4.42 Å². The molecule has 3 aromatic rings. The first-order valence-electron chi connectivity index (χ1n) is 11.2. The van der Waals surface area contributed by atoms with Gasteiger partial charge in [-0.2, -0.15) is 0 Å². The zero-order chi connectivity index (χ0) is 23.0. The van der Waals surface area contributed by atoms with Crippen LogP contribution in [0.15, 0.2) is 71.1 Å². The van der Waals surface area contributed by atoms with Crippen molar-refractivity contribution in [1.29, 1.82) is 0 Å². The van der Waals surface area contributed by atoms with Crippen molar-refractivity contribution in [1.82, 2.24) is 15.5 Å². The topological polar surface area (TPSA) is 74.6 Å². The fourth-order valence-corrected chi connectivity index (χ4v) is 3.97. The Kier molecular flexibility index (Phi) is 7.52. The summed E-state index contributed by atoms with van der Waals surface area (Å²) in [4.78, 5) is 26.9. The first-order chi connectivity index (χ1) is 16.1. The molecule has 1 unspecified atom stereocenters. The summed E-state index contributed by atoms with van der Waals surface area (Å²) < 4.78 is 19.2. The highest BCUT2D eigenvalue weighted by Gasteiger charge is 2.24. The number of nitrogens with zero attached hydrogens (tertiary/aromatic N) is 1. The lowest BCUT2D eigenvalue weighted by Crippen LogP contribution is -2.45. The molecule has 33 heavy (non-hydrogen) atoms. The van der Waals surface area contributed by atoms with Gasteiger partial charge in [0.2, 0.25) is 5.91 Å². The van der Waals surface area contributed by atoms with E-state index < -0.39 is 11.9 Å². The normalized spacial score (nSPS) is 16.3. The highest BCUT2D eigenvalue weighted by Crippen LogP contribution is 2.17. The summed E-state index contributed by atoms with van der Waals surface area (Å²) in [5.74, 6) is 0.0156. The number of benzene rings is 2. The number of carbonyl (C=O) groups is 2. The predicted octanol–water partition coefficient (Wildman–Crippen LogP) is 4.02. The van der Waals surface area contributed by atoms with E-state index in [1.54, 1.807) is 24.3 Å². The van der Waals surface area contributed by atoms with Crippen LogP contribution >= 0.6 is 0 Å². The monoisotopic (exact) mass is 449 g/mol. The Morgan fingerprint density at radius 1 is 0.970 bits per heavy atom. The van der Waals surface area contributed by atoms with Gasteiger partial charge in [0.05, 0.1) is 6.54 Å². The SMILES string of the molecule is O=C(NC1CCCCNC1=O)c1ccc(CN(Cc2ccccc2)Cc2ccc(F)cc2)o1. The van der Waals surface area contributed by atoms with Crippen molar-refractivity contribution in [2.24, 2.45) is 0 Å². The third kappa shape index (κ3) is 6.52. The lowest BCUT2D eigenvalue weighted by Gasteiger charge is -2.21. The van der Waals surface area contributed by atoms with Gasteiger partial charge in [-0.1, -0.05) is 42.5 Å². The van der Waals surface area contributed by atoms with Gasteiger partial charge in [0.25, 0.3) is 5.91 Å². The average molecular weight is 450 g/mol. The summed E-state index contributed by atoms with van der Waals surface area (Å²) in [5, 5.41) is 5.60. The van der Waals surface area contributed by atoms with Crippen LogP contribution in [0.5, 0.6) is 0 Å². The van der Waals surface area contributed by atoms with Gasteiger partial charge in [-0.25, -0.2) is 4.39 Å². The van der Waals surface area contributed by atoms with E-state index in [9.17, 15) is 14.0 Å².